The van der Waals surface area contributed by atoms with Gasteiger partial charge in [-0.3, -0.25) is 4.79 Å². The summed E-state index contributed by atoms with van der Waals surface area (Å²) in [4.78, 5) is 12.2. The molecule has 3 N–H and O–H groups in total. The van der Waals surface area contributed by atoms with E-state index < -0.39 is 0 Å². The maximum absolute atomic E-state index is 12.2. The zero-order valence-corrected chi connectivity index (χ0v) is 16.7. The van der Waals surface area contributed by atoms with E-state index >= 15 is 0 Å². The van der Waals surface area contributed by atoms with E-state index in [1.165, 1.54) is 16.4 Å². The molecule has 0 aliphatic heterocycles. The lowest BCUT2D eigenvalue weighted by molar-refractivity contribution is -0.119. The van der Waals surface area contributed by atoms with Gasteiger partial charge in [-0.05, 0) is 30.7 Å². The fourth-order valence-corrected chi connectivity index (χ4v) is 3.51. The van der Waals surface area contributed by atoms with Gasteiger partial charge in [-0.25, -0.2) is 4.68 Å². The minimum Gasteiger partial charge on any atom is -0.349 e. The van der Waals surface area contributed by atoms with E-state index in [0.717, 1.165) is 5.56 Å². The van der Waals surface area contributed by atoms with Crippen molar-refractivity contribution in [3.05, 3.63) is 64.1 Å². The van der Waals surface area contributed by atoms with Crippen LogP contribution in [0.5, 0.6) is 0 Å². The molecule has 0 fully saturated rings. The highest BCUT2D eigenvalue weighted by atomic mass is 35.5. The molecule has 3 aromatic rings. The second kappa shape index (κ2) is 8.65. The summed E-state index contributed by atoms with van der Waals surface area (Å²) in [6.45, 7) is 1.93. The van der Waals surface area contributed by atoms with E-state index in [-0.39, 0.29) is 17.7 Å². The molecule has 1 aromatic heterocycles. The number of nitrogens with one attached hydrogen (secondary N) is 1. The molecule has 0 aliphatic rings. The van der Waals surface area contributed by atoms with Crippen molar-refractivity contribution in [3.63, 3.8) is 0 Å². The number of carbonyl (C=O) groups excluding carboxylic acids is 1. The Morgan fingerprint density at radius 3 is 2.70 bits per heavy atom. The minimum atomic E-state index is -0.123. The molecule has 1 heterocycles. The maximum atomic E-state index is 12.2. The molecule has 1 atom stereocenters. The van der Waals surface area contributed by atoms with Crippen molar-refractivity contribution < 1.29 is 4.79 Å². The Kier molecular flexibility index (Phi) is 6.26. The number of nitrogen functional groups attached to an aromatic ring is 1. The van der Waals surface area contributed by atoms with Crippen molar-refractivity contribution in [2.45, 2.75) is 18.1 Å². The van der Waals surface area contributed by atoms with Crippen molar-refractivity contribution in [2.75, 3.05) is 11.6 Å². The summed E-state index contributed by atoms with van der Waals surface area (Å²) in [5.74, 6) is 6.49. The standard InChI is InChI=1S/C18H17Cl2N5OS/c1-11(12-5-3-2-4-6-12)22-16(26)10-27-18-24-23-17(25(18)21)14-9-13(19)7-8-15(14)20/h2-9,11H,10,21H2,1H3,(H,22,26). The SMILES string of the molecule is CC(NC(=O)CSc1nnc(-c2cc(Cl)ccc2Cl)n1N)c1ccccc1. The molecular weight excluding hydrogens is 405 g/mol. The van der Waals surface area contributed by atoms with Crippen molar-refractivity contribution >= 4 is 40.9 Å². The van der Waals surface area contributed by atoms with Gasteiger partial charge < -0.3 is 11.2 Å². The van der Waals surface area contributed by atoms with E-state index in [4.69, 9.17) is 29.0 Å². The average molecular weight is 422 g/mol. The molecule has 0 aliphatic carbocycles. The number of rotatable bonds is 6. The fourth-order valence-electron chi connectivity index (χ4n) is 2.47. The first-order valence-corrected chi connectivity index (χ1v) is 9.83. The predicted octanol–water partition coefficient (Wildman–Crippen LogP) is 3.94. The Hall–Kier alpha value is -2.22. The topological polar surface area (TPSA) is 85.8 Å². The van der Waals surface area contributed by atoms with Crippen molar-refractivity contribution in [3.8, 4) is 11.4 Å². The van der Waals surface area contributed by atoms with Crippen LogP contribution in [0.4, 0.5) is 0 Å². The molecule has 0 spiro atoms. The molecule has 0 bridgehead atoms. The number of nitrogens with two attached hydrogens (primary N) is 1. The fraction of sp³-hybridized carbons (Fsp3) is 0.167. The van der Waals surface area contributed by atoms with Crippen LogP contribution in [0.15, 0.2) is 53.7 Å². The Labute approximate surface area is 171 Å². The van der Waals surface area contributed by atoms with Gasteiger partial charge in [-0.15, -0.1) is 10.2 Å². The summed E-state index contributed by atoms with van der Waals surface area (Å²) in [5, 5.41) is 12.4. The number of amides is 1. The molecular formula is C18H17Cl2N5OS. The van der Waals surface area contributed by atoms with Gasteiger partial charge in [-0.2, -0.15) is 0 Å². The number of carbonyl (C=O) groups is 1. The van der Waals surface area contributed by atoms with Crippen LogP contribution in [0.2, 0.25) is 10.0 Å². The van der Waals surface area contributed by atoms with Gasteiger partial charge >= 0.3 is 0 Å². The lowest BCUT2D eigenvalue weighted by Gasteiger charge is -2.13. The van der Waals surface area contributed by atoms with Crippen LogP contribution in [0.3, 0.4) is 0 Å². The zero-order valence-electron chi connectivity index (χ0n) is 14.4. The number of benzene rings is 2. The summed E-state index contributed by atoms with van der Waals surface area (Å²) in [6, 6.07) is 14.7. The number of hydrogen-bond donors (Lipinski definition) is 2. The first-order chi connectivity index (χ1) is 13.0. The zero-order chi connectivity index (χ0) is 19.4. The van der Waals surface area contributed by atoms with Crippen LogP contribution in [0.25, 0.3) is 11.4 Å². The van der Waals surface area contributed by atoms with E-state index in [0.29, 0.717) is 26.6 Å². The normalized spacial score (nSPS) is 12.0. The van der Waals surface area contributed by atoms with E-state index in [1.54, 1.807) is 18.2 Å². The first-order valence-electron chi connectivity index (χ1n) is 8.08. The summed E-state index contributed by atoms with van der Waals surface area (Å²) >= 11 is 13.4. The molecule has 9 heteroatoms. The molecule has 0 saturated carbocycles. The molecule has 0 saturated heterocycles. The van der Waals surface area contributed by atoms with Crippen molar-refractivity contribution in [1.29, 1.82) is 0 Å². The van der Waals surface area contributed by atoms with Gasteiger partial charge in [0, 0.05) is 10.6 Å². The van der Waals surface area contributed by atoms with Gasteiger partial charge in [0.25, 0.3) is 0 Å². The average Bonchev–Trinajstić information content (AvgIpc) is 3.03. The number of halogens is 2. The van der Waals surface area contributed by atoms with E-state index in [1.807, 2.05) is 37.3 Å². The van der Waals surface area contributed by atoms with Crippen LogP contribution >= 0.6 is 35.0 Å². The number of nitrogens with zero attached hydrogens (tertiary/aromatic N) is 3. The summed E-state index contributed by atoms with van der Waals surface area (Å²) in [6.07, 6.45) is 0. The van der Waals surface area contributed by atoms with Gasteiger partial charge in [0.1, 0.15) is 0 Å². The molecule has 1 unspecified atom stereocenters. The third-order valence-corrected chi connectivity index (χ3v) is 5.35. The Balaban J connectivity index is 1.64. The molecule has 3 rings (SSSR count). The highest BCUT2D eigenvalue weighted by molar-refractivity contribution is 7.99. The summed E-state index contributed by atoms with van der Waals surface area (Å²) in [5.41, 5.74) is 1.61. The molecule has 140 valence electrons. The van der Waals surface area contributed by atoms with Crippen LogP contribution in [0, 0.1) is 0 Å². The maximum Gasteiger partial charge on any atom is 0.230 e. The number of thioether (sulfide) groups is 1. The smallest absolute Gasteiger partial charge is 0.230 e. The van der Waals surface area contributed by atoms with Crippen molar-refractivity contribution in [2.24, 2.45) is 0 Å². The molecule has 2 aromatic carbocycles. The lowest BCUT2D eigenvalue weighted by atomic mass is 10.1. The lowest BCUT2D eigenvalue weighted by Crippen LogP contribution is -2.28. The minimum absolute atomic E-state index is 0.0872. The van der Waals surface area contributed by atoms with E-state index in [9.17, 15) is 4.79 Å². The predicted molar refractivity (Wildman–Crippen MR) is 109 cm³/mol. The van der Waals surface area contributed by atoms with Gasteiger partial charge in [0.2, 0.25) is 11.1 Å². The molecule has 0 radical (unpaired) electrons. The van der Waals surface area contributed by atoms with Gasteiger partial charge in [0.05, 0.1) is 16.8 Å². The van der Waals surface area contributed by atoms with Crippen LogP contribution in [0.1, 0.15) is 18.5 Å². The van der Waals surface area contributed by atoms with Gasteiger partial charge in [0.15, 0.2) is 5.82 Å². The van der Waals surface area contributed by atoms with Crippen molar-refractivity contribution in [1.82, 2.24) is 20.2 Å². The molecule has 6 nitrogen and oxygen atoms in total. The van der Waals surface area contributed by atoms with Crippen LogP contribution in [-0.2, 0) is 4.79 Å². The summed E-state index contributed by atoms with van der Waals surface area (Å²) < 4.78 is 1.30. The Morgan fingerprint density at radius 2 is 1.96 bits per heavy atom. The Morgan fingerprint density at radius 1 is 1.22 bits per heavy atom. The molecule has 27 heavy (non-hydrogen) atoms. The largest absolute Gasteiger partial charge is 0.349 e. The number of aromatic nitrogens is 3. The Bertz CT molecular complexity index is 948. The summed E-state index contributed by atoms with van der Waals surface area (Å²) in [7, 11) is 0. The first kappa shape index (κ1) is 19.5. The highest BCUT2D eigenvalue weighted by Gasteiger charge is 2.17. The second-order valence-electron chi connectivity index (χ2n) is 5.79. The van der Waals surface area contributed by atoms with Crippen LogP contribution in [-0.4, -0.2) is 26.5 Å². The third-order valence-electron chi connectivity index (χ3n) is 3.84. The second-order valence-corrected chi connectivity index (χ2v) is 7.58. The van der Waals surface area contributed by atoms with Gasteiger partial charge in [-0.1, -0.05) is 65.3 Å². The monoisotopic (exact) mass is 421 g/mol. The van der Waals surface area contributed by atoms with E-state index in [2.05, 4.69) is 15.5 Å². The quantitative estimate of drug-likeness (QED) is 0.464. The molecule has 1 amide bonds. The van der Waals surface area contributed by atoms with Crippen LogP contribution < -0.4 is 11.2 Å². The third kappa shape index (κ3) is 4.74. The number of hydrogen-bond acceptors (Lipinski definition) is 5. The highest BCUT2D eigenvalue weighted by Crippen LogP contribution is 2.30.